The van der Waals surface area contributed by atoms with E-state index in [1.165, 1.54) is 52.8 Å². The van der Waals surface area contributed by atoms with Crippen LogP contribution in [0.2, 0.25) is 0 Å². The van der Waals surface area contributed by atoms with E-state index < -0.39 is 0 Å². The van der Waals surface area contributed by atoms with Gasteiger partial charge in [-0.05, 0) is 53.1 Å². The van der Waals surface area contributed by atoms with Gasteiger partial charge in [-0.15, -0.1) is 22.7 Å². The van der Waals surface area contributed by atoms with Crippen LogP contribution in [-0.4, -0.2) is 19.9 Å². The molecular weight excluding hydrogens is 480 g/mol. The highest BCUT2D eigenvalue weighted by Gasteiger charge is 2.17. The van der Waals surface area contributed by atoms with Crippen LogP contribution in [0.25, 0.3) is 74.9 Å². The molecule has 0 spiro atoms. The lowest BCUT2D eigenvalue weighted by atomic mass is 9.96. The molecule has 2 N–H and O–H groups in total. The Labute approximate surface area is 214 Å². The number of nitrogens with one attached hydrogen (secondary N) is 2. The van der Waals surface area contributed by atoms with Crippen molar-refractivity contribution in [2.75, 3.05) is 0 Å². The molecule has 0 saturated heterocycles. The molecule has 4 nitrogen and oxygen atoms in total. The number of hydrogen-bond donors (Lipinski definition) is 2. The zero-order chi connectivity index (χ0) is 24.1. The molecule has 0 aliphatic carbocycles. The number of aryl methyl sites for hydroxylation is 1. The van der Waals surface area contributed by atoms with Gasteiger partial charge in [0.2, 0.25) is 0 Å². The van der Waals surface area contributed by atoms with Crippen molar-refractivity contribution in [3.8, 4) is 11.1 Å². The molecule has 8 aromatic rings. The zero-order valence-electron chi connectivity index (χ0n) is 20.1. The van der Waals surface area contributed by atoms with E-state index in [-0.39, 0.29) is 0 Å². The van der Waals surface area contributed by atoms with E-state index in [4.69, 9.17) is 9.97 Å². The molecule has 0 fully saturated rings. The maximum atomic E-state index is 4.97. The van der Waals surface area contributed by atoms with E-state index in [0.717, 1.165) is 33.7 Å². The number of imidazole rings is 2. The maximum Gasteiger partial charge on any atom is 0.109 e. The summed E-state index contributed by atoms with van der Waals surface area (Å²) in [5.41, 5.74) is 6.88. The summed E-state index contributed by atoms with van der Waals surface area (Å²) in [4.78, 5) is 16.9. The topological polar surface area (TPSA) is 57.4 Å². The molecule has 0 aliphatic heterocycles. The number of thiophene rings is 2. The van der Waals surface area contributed by atoms with Crippen molar-refractivity contribution in [1.29, 1.82) is 0 Å². The van der Waals surface area contributed by atoms with E-state index in [2.05, 4.69) is 83.1 Å². The third-order valence-electron chi connectivity index (χ3n) is 7.33. The lowest BCUT2D eigenvalue weighted by molar-refractivity contribution is 0.799. The Hall–Kier alpha value is -3.74. The third-order valence-corrected chi connectivity index (χ3v) is 9.23. The highest BCUT2D eigenvalue weighted by Crippen LogP contribution is 2.41. The normalized spacial score (nSPS) is 12.6. The molecule has 0 bridgehead atoms. The number of hydrogen-bond acceptors (Lipinski definition) is 4. The first kappa shape index (κ1) is 20.5. The first-order valence-corrected chi connectivity index (χ1v) is 13.9. The Kier molecular flexibility index (Phi) is 4.06. The van der Waals surface area contributed by atoms with Crippen LogP contribution in [0.4, 0.5) is 0 Å². The largest absolute Gasteiger partial charge is 0.342 e. The fourth-order valence-corrected chi connectivity index (χ4v) is 7.46. The number of H-pyrrole nitrogens is 2. The molecule has 4 aromatic heterocycles. The molecule has 0 amide bonds. The van der Waals surface area contributed by atoms with Gasteiger partial charge in [-0.2, -0.15) is 0 Å². The lowest BCUT2D eigenvalue weighted by Gasteiger charge is -2.09. The third kappa shape index (κ3) is 2.68. The van der Waals surface area contributed by atoms with Gasteiger partial charge in [-0.25, -0.2) is 9.97 Å². The van der Waals surface area contributed by atoms with Gasteiger partial charge in [0.25, 0.3) is 0 Å². The number of aromatic amines is 2. The maximum absolute atomic E-state index is 4.97. The molecule has 0 saturated carbocycles. The average Bonchev–Trinajstić information content (AvgIpc) is 3.67. The van der Waals surface area contributed by atoms with Gasteiger partial charge in [0.15, 0.2) is 0 Å². The Morgan fingerprint density at radius 1 is 0.639 bits per heavy atom. The molecule has 0 unspecified atom stereocenters. The summed E-state index contributed by atoms with van der Waals surface area (Å²) in [7, 11) is 0. The van der Waals surface area contributed by atoms with Crippen LogP contribution in [0, 0.1) is 6.92 Å². The van der Waals surface area contributed by atoms with Crippen molar-refractivity contribution >= 4 is 86.5 Å². The van der Waals surface area contributed by atoms with Crippen LogP contribution in [0.15, 0.2) is 59.3 Å². The van der Waals surface area contributed by atoms with Gasteiger partial charge in [0, 0.05) is 47.6 Å². The SMILES string of the molecule is Cc1nc2c3ccsc3c3cc(-c4ccc5c(c4)c4sccc4c4nc(C(C)C)[nH]c54)ccc3c2[nH]1. The average molecular weight is 503 g/mol. The van der Waals surface area contributed by atoms with E-state index >= 15 is 0 Å². The lowest BCUT2D eigenvalue weighted by Crippen LogP contribution is -1.88. The molecule has 4 heterocycles. The molecule has 8 rings (SSSR count). The fraction of sp³-hybridized carbons (Fsp3) is 0.133. The molecule has 0 radical (unpaired) electrons. The Bertz CT molecular complexity index is 2150. The number of aromatic nitrogens is 4. The summed E-state index contributed by atoms with van der Waals surface area (Å²) < 4.78 is 2.60. The summed E-state index contributed by atoms with van der Waals surface area (Å²) in [6, 6.07) is 18.1. The van der Waals surface area contributed by atoms with E-state index in [1.807, 2.05) is 6.92 Å². The Morgan fingerprint density at radius 2 is 1.19 bits per heavy atom. The summed E-state index contributed by atoms with van der Waals surface area (Å²) in [5.74, 6) is 2.36. The Balaban J connectivity index is 1.41. The van der Waals surface area contributed by atoms with Crippen molar-refractivity contribution in [2.45, 2.75) is 26.7 Å². The molecule has 174 valence electrons. The highest BCUT2D eigenvalue weighted by molar-refractivity contribution is 7.18. The van der Waals surface area contributed by atoms with Crippen LogP contribution in [-0.2, 0) is 0 Å². The van der Waals surface area contributed by atoms with Gasteiger partial charge in [0.1, 0.15) is 11.6 Å². The molecule has 0 aliphatic rings. The van der Waals surface area contributed by atoms with Crippen molar-refractivity contribution in [3.05, 3.63) is 70.9 Å². The van der Waals surface area contributed by atoms with Crippen LogP contribution >= 0.6 is 22.7 Å². The second-order valence-corrected chi connectivity index (χ2v) is 11.7. The summed E-state index contributed by atoms with van der Waals surface area (Å²) in [6.07, 6.45) is 0. The standard InChI is InChI=1S/C30H22N4S2/c1-14(2)30-33-25-19-7-5-17(13-23(19)29-21(9-11-36-29)27(25)34-30)16-4-6-18-22(12-16)28-20(8-10-35-28)26-24(18)31-15(3)32-26/h4-14H,1-3H3,(H,31,32)(H,33,34). The van der Waals surface area contributed by atoms with E-state index in [1.54, 1.807) is 22.7 Å². The molecule has 4 aromatic carbocycles. The number of fused-ring (bicyclic) bond motifs is 12. The van der Waals surface area contributed by atoms with Crippen molar-refractivity contribution in [2.24, 2.45) is 0 Å². The van der Waals surface area contributed by atoms with Gasteiger partial charge in [0.05, 0.1) is 22.1 Å². The van der Waals surface area contributed by atoms with Crippen molar-refractivity contribution in [3.63, 3.8) is 0 Å². The van der Waals surface area contributed by atoms with Crippen molar-refractivity contribution < 1.29 is 0 Å². The molecule has 6 heteroatoms. The van der Waals surface area contributed by atoms with Gasteiger partial charge >= 0.3 is 0 Å². The summed E-state index contributed by atoms with van der Waals surface area (Å²) >= 11 is 3.59. The van der Waals surface area contributed by atoms with Crippen LogP contribution in [0.5, 0.6) is 0 Å². The van der Waals surface area contributed by atoms with Crippen LogP contribution in [0.3, 0.4) is 0 Å². The number of rotatable bonds is 2. The Morgan fingerprint density at radius 3 is 1.78 bits per heavy atom. The van der Waals surface area contributed by atoms with Gasteiger partial charge in [-0.1, -0.05) is 38.1 Å². The summed E-state index contributed by atoms with van der Waals surface area (Å²) in [5, 5.41) is 11.8. The fourth-order valence-electron chi connectivity index (χ4n) is 5.60. The second kappa shape index (κ2) is 7.15. The number of nitrogens with zero attached hydrogens (tertiary/aromatic N) is 2. The van der Waals surface area contributed by atoms with Crippen molar-refractivity contribution in [1.82, 2.24) is 19.9 Å². The molecule has 0 atom stereocenters. The minimum absolute atomic E-state index is 0.359. The first-order chi connectivity index (χ1) is 17.6. The highest BCUT2D eigenvalue weighted by atomic mass is 32.1. The van der Waals surface area contributed by atoms with Gasteiger partial charge < -0.3 is 9.97 Å². The van der Waals surface area contributed by atoms with Crippen LogP contribution < -0.4 is 0 Å². The van der Waals surface area contributed by atoms with E-state index in [0.29, 0.717) is 5.92 Å². The van der Waals surface area contributed by atoms with E-state index in [9.17, 15) is 0 Å². The molecule has 36 heavy (non-hydrogen) atoms. The minimum Gasteiger partial charge on any atom is -0.342 e. The van der Waals surface area contributed by atoms with Gasteiger partial charge in [-0.3, -0.25) is 0 Å². The zero-order valence-corrected chi connectivity index (χ0v) is 21.7. The van der Waals surface area contributed by atoms with Crippen LogP contribution in [0.1, 0.15) is 31.4 Å². The number of benzene rings is 4. The second-order valence-electron chi connectivity index (χ2n) is 9.89. The molecular formula is C30H22N4S2. The predicted octanol–water partition coefficient (Wildman–Crippen LogP) is 9.27. The first-order valence-electron chi connectivity index (χ1n) is 12.2. The summed E-state index contributed by atoms with van der Waals surface area (Å²) in [6.45, 7) is 6.40. The monoisotopic (exact) mass is 502 g/mol. The quantitative estimate of drug-likeness (QED) is 0.247. The smallest absolute Gasteiger partial charge is 0.109 e. The predicted molar refractivity (Wildman–Crippen MR) is 156 cm³/mol. The minimum atomic E-state index is 0.359.